The molecular formula is C13H22NO6PS. The molecule has 9 heteroatoms. The highest BCUT2D eigenvalue weighted by Crippen LogP contribution is 2.39. The number of ether oxygens (including phenoxy) is 2. The molecule has 1 atom stereocenters. The van der Waals surface area contributed by atoms with Crippen LogP contribution in [0.2, 0.25) is 0 Å². The van der Waals surface area contributed by atoms with E-state index < -0.39 is 16.9 Å². The summed E-state index contributed by atoms with van der Waals surface area (Å²) in [5.41, 5.74) is 0. The van der Waals surface area contributed by atoms with Crippen molar-refractivity contribution < 1.29 is 28.7 Å². The zero-order valence-electron chi connectivity index (χ0n) is 12.8. The van der Waals surface area contributed by atoms with Crippen LogP contribution >= 0.6 is 20.2 Å². The second kappa shape index (κ2) is 9.45. The number of hydrogen-bond donors (Lipinski definition) is 1. The fourth-order valence-corrected chi connectivity index (χ4v) is 3.93. The molecule has 0 aromatic carbocycles. The molecule has 1 unspecified atom stereocenters. The molecule has 1 N–H and O–H groups in total. The van der Waals surface area contributed by atoms with Gasteiger partial charge in [0, 0.05) is 19.8 Å². The maximum atomic E-state index is 12.3. The lowest BCUT2D eigenvalue weighted by atomic mass is 10.0. The Hall–Kier alpha value is -0.690. The fourth-order valence-electron chi connectivity index (χ4n) is 2.29. The molecule has 0 aliphatic carbocycles. The molecule has 1 fully saturated rings. The number of thioether (sulfide) groups is 1. The van der Waals surface area contributed by atoms with Gasteiger partial charge in [0.05, 0.1) is 5.75 Å². The second-order valence-electron chi connectivity index (χ2n) is 4.71. The Bertz CT molecular complexity index is 402. The lowest BCUT2D eigenvalue weighted by molar-refractivity contribution is -0.151. The summed E-state index contributed by atoms with van der Waals surface area (Å²) in [6.45, 7) is 4.50. The monoisotopic (exact) mass is 351 g/mol. The van der Waals surface area contributed by atoms with Gasteiger partial charge in [0.15, 0.2) is 0 Å². The molecule has 126 valence electrons. The zero-order valence-corrected chi connectivity index (χ0v) is 14.5. The van der Waals surface area contributed by atoms with Gasteiger partial charge in [-0.2, -0.15) is 0 Å². The molecule has 0 aromatic rings. The van der Waals surface area contributed by atoms with Crippen LogP contribution in [0.25, 0.3) is 0 Å². The van der Waals surface area contributed by atoms with Crippen molar-refractivity contribution in [2.75, 3.05) is 25.5 Å². The lowest BCUT2D eigenvalue weighted by Gasteiger charge is -2.33. The van der Waals surface area contributed by atoms with E-state index in [1.165, 1.54) is 4.90 Å². The number of amides is 1. The average molecular weight is 351 g/mol. The molecular weight excluding hydrogens is 329 g/mol. The Morgan fingerprint density at radius 3 is 2.45 bits per heavy atom. The van der Waals surface area contributed by atoms with Crippen LogP contribution in [-0.2, 0) is 23.6 Å². The molecule has 0 saturated carbocycles. The van der Waals surface area contributed by atoms with Crippen LogP contribution < -0.4 is 0 Å². The first kappa shape index (κ1) is 19.4. The van der Waals surface area contributed by atoms with Gasteiger partial charge >= 0.3 is 10.8 Å². The number of piperidine rings is 1. The predicted molar refractivity (Wildman–Crippen MR) is 83.0 cm³/mol. The number of nitrogens with zero attached hydrogens (tertiary/aromatic N) is 1. The Balaban J connectivity index is 2.69. The first-order valence-corrected chi connectivity index (χ1v) is 9.08. The molecule has 7 nitrogen and oxygen atoms in total. The van der Waals surface area contributed by atoms with Gasteiger partial charge in [-0.1, -0.05) is 11.8 Å². The van der Waals surface area contributed by atoms with Crippen LogP contribution in [-0.4, -0.2) is 58.3 Å². The zero-order chi connectivity index (χ0) is 16.6. The summed E-state index contributed by atoms with van der Waals surface area (Å²) in [5.74, 6) is -1.33. The normalized spacial score (nSPS) is 19.4. The van der Waals surface area contributed by atoms with Crippen molar-refractivity contribution in [3.8, 4) is 0 Å². The molecule has 0 bridgehead atoms. The quantitative estimate of drug-likeness (QED) is 0.502. The lowest BCUT2D eigenvalue weighted by Crippen LogP contribution is -2.49. The van der Waals surface area contributed by atoms with Crippen molar-refractivity contribution in [3.63, 3.8) is 0 Å². The van der Waals surface area contributed by atoms with E-state index in [0.717, 1.165) is 24.6 Å². The number of likely N-dealkylation sites (tertiary alicyclic amines) is 1. The van der Waals surface area contributed by atoms with E-state index in [1.54, 1.807) is 13.8 Å². The van der Waals surface area contributed by atoms with Crippen molar-refractivity contribution in [3.05, 3.63) is 0 Å². The number of aliphatic carboxylic acids is 1. The van der Waals surface area contributed by atoms with Crippen molar-refractivity contribution in [1.82, 2.24) is 4.90 Å². The summed E-state index contributed by atoms with van der Waals surface area (Å²) < 4.78 is 22.1. The van der Waals surface area contributed by atoms with Crippen molar-refractivity contribution in [2.45, 2.75) is 44.0 Å². The highest BCUT2D eigenvalue weighted by atomic mass is 32.2. The molecule has 0 radical (unpaired) electrons. The Labute approximate surface area is 135 Å². The van der Waals surface area contributed by atoms with Crippen molar-refractivity contribution in [2.24, 2.45) is 0 Å². The minimum absolute atomic E-state index is 0.0426. The van der Waals surface area contributed by atoms with Gasteiger partial charge in [0.25, 0.3) is 0 Å². The Kier molecular flexibility index (Phi) is 8.31. The molecule has 22 heavy (non-hydrogen) atoms. The van der Waals surface area contributed by atoms with E-state index in [-0.39, 0.29) is 33.3 Å². The average Bonchev–Trinajstić information content (AvgIpc) is 2.52. The van der Waals surface area contributed by atoms with Crippen LogP contribution in [0.5, 0.6) is 0 Å². The largest absolute Gasteiger partial charge is 0.480 e. The first-order valence-electron chi connectivity index (χ1n) is 7.28. The highest BCUT2D eigenvalue weighted by molar-refractivity contribution is 8.04. The Morgan fingerprint density at radius 1 is 1.32 bits per heavy atom. The number of hydrogen-bond acceptors (Lipinski definition) is 6. The molecule has 0 spiro atoms. The minimum Gasteiger partial charge on any atom is -0.480 e. The van der Waals surface area contributed by atoms with Gasteiger partial charge in [-0.3, -0.25) is 9.36 Å². The minimum atomic E-state index is -1.41. The van der Waals surface area contributed by atoms with Crippen molar-refractivity contribution >= 4 is 32.1 Å². The van der Waals surface area contributed by atoms with Gasteiger partial charge in [0.2, 0.25) is 14.4 Å². The molecule has 1 saturated heterocycles. The third kappa shape index (κ3) is 5.19. The highest BCUT2D eigenvalue weighted by Gasteiger charge is 2.37. The van der Waals surface area contributed by atoms with E-state index in [0.29, 0.717) is 13.0 Å². The first-order chi connectivity index (χ1) is 10.5. The maximum Gasteiger partial charge on any atom is 0.326 e. The summed E-state index contributed by atoms with van der Waals surface area (Å²) in [7, 11) is -0.372. The van der Waals surface area contributed by atoms with Gasteiger partial charge in [-0.05, 0) is 33.1 Å². The van der Waals surface area contributed by atoms with E-state index in [9.17, 15) is 19.3 Å². The summed E-state index contributed by atoms with van der Waals surface area (Å²) in [6.07, 6.45) is 2.06. The SMILES string of the molecule is CCOC(OCC)(P=O)SCC(=O)N1CCCCC1C(=O)O. The standard InChI is InChI=1S/C13H22NO6PS/c1-3-19-13(21-18,20-4-2)22-9-11(15)14-8-6-5-7-10(14)12(16)17/h10H,3-9H2,1-2H3,(H,16,17). The molecule has 1 aliphatic rings. The number of carbonyl (C=O) groups excluding carboxylic acids is 1. The van der Waals surface area contributed by atoms with E-state index >= 15 is 0 Å². The third-order valence-electron chi connectivity index (χ3n) is 3.25. The molecule has 1 rings (SSSR count). The Morgan fingerprint density at radius 2 is 1.95 bits per heavy atom. The summed E-state index contributed by atoms with van der Waals surface area (Å²) in [6, 6.07) is -0.778. The summed E-state index contributed by atoms with van der Waals surface area (Å²) in [4.78, 5) is 23.5. The molecule has 1 heterocycles. The fraction of sp³-hybridized carbons (Fsp3) is 0.846. The van der Waals surface area contributed by atoms with Crippen molar-refractivity contribution in [1.29, 1.82) is 0 Å². The topological polar surface area (TPSA) is 93.1 Å². The third-order valence-corrected chi connectivity index (χ3v) is 5.34. The number of carbonyl (C=O) groups is 2. The van der Waals surface area contributed by atoms with Gasteiger partial charge in [-0.15, -0.1) is 0 Å². The molecule has 0 aromatic heterocycles. The van der Waals surface area contributed by atoms with Crippen LogP contribution in [0.15, 0.2) is 0 Å². The number of carboxylic acids is 1. The van der Waals surface area contributed by atoms with Gasteiger partial charge in [-0.25, -0.2) is 4.79 Å². The summed E-state index contributed by atoms with van der Waals surface area (Å²) in [5, 5.41) is 9.20. The van der Waals surface area contributed by atoms with Gasteiger partial charge in [0.1, 0.15) is 6.04 Å². The van der Waals surface area contributed by atoms with Crippen LogP contribution in [0.4, 0.5) is 0 Å². The molecule has 1 aliphatic heterocycles. The van der Waals surface area contributed by atoms with Crippen LogP contribution in [0, 0.1) is 0 Å². The smallest absolute Gasteiger partial charge is 0.326 e. The van der Waals surface area contributed by atoms with E-state index in [2.05, 4.69) is 0 Å². The van der Waals surface area contributed by atoms with Crippen LogP contribution in [0.3, 0.4) is 0 Å². The predicted octanol–water partition coefficient (Wildman–Crippen LogP) is 2.16. The molecule has 1 amide bonds. The summed E-state index contributed by atoms with van der Waals surface area (Å²) >= 11 is 0.980. The van der Waals surface area contributed by atoms with Gasteiger partial charge < -0.3 is 19.5 Å². The second-order valence-corrected chi connectivity index (χ2v) is 6.90. The number of rotatable bonds is 9. The maximum absolute atomic E-state index is 12.3. The van der Waals surface area contributed by atoms with E-state index in [1.807, 2.05) is 0 Å². The number of carboxylic acid groups (broad SMARTS) is 1. The van der Waals surface area contributed by atoms with Crippen LogP contribution in [0.1, 0.15) is 33.1 Å². The van der Waals surface area contributed by atoms with E-state index in [4.69, 9.17) is 9.47 Å².